The van der Waals surface area contributed by atoms with Crippen LogP contribution < -0.4 is 5.32 Å². The number of esters is 1. The predicted molar refractivity (Wildman–Crippen MR) is 122 cm³/mol. The molecule has 32 heavy (non-hydrogen) atoms. The van der Waals surface area contributed by atoms with Crippen molar-refractivity contribution in [3.63, 3.8) is 0 Å². The molecule has 0 fully saturated rings. The number of dihydropyridines is 1. The second-order valence-electron chi connectivity index (χ2n) is 8.54. The van der Waals surface area contributed by atoms with Crippen LogP contribution in [0.4, 0.5) is 4.39 Å². The number of rotatable bonds is 4. The number of halogens is 2. The van der Waals surface area contributed by atoms with E-state index in [1.54, 1.807) is 39.0 Å². The highest BCUT2D eigenvalue weighted by Crippen LogP contribution is 2.46. The first-order valence-corrected chi connectivity index (χ1v) is 11.1. The number of ether oxygens (including phenoxy) is 1. The lowest BCUT2D eigenvalue weighted by Crippen LogP contribution is -2.36. The van der Waals surface area contributed by atoms with Crippen molar-refractivity contribution in [2.75, 3.05) is 0 Å². The summed E-state index contributed by atoms with van der Waals surface area (Å²) < 4.78 is 20.4. The fourth-order valence-electron chi connectivity index (χ4n) is 4.58. The fraction of sp³-hybridized carbons (Fsp3) is 0.308. The molecule has 0 spiro atoms. The van der Waals surface area contributed by atoms with Gasteiger partial charge in [-0.15, -0.1) is 0 Å². The maximum Gasteiger partial charge on any atom is 0.337 e. The molecule has 2 atom stereocenters. The monoisotopic (exact) mass is 453 g/mol. The molecule has 0 amide bonds. The van der Waals surface area contributed by atoms with E-state index in [2.05, 4.69) is 5.32 Å². The van der Waals surface area contributed by atoms with Crippen LogP contribution in [0.1, 0.15) is 56.6 Å². The average Bonchev–Trinajstić information content (AvgIpc) is 2.73. The van der Waals surface area contributed by atoms with Gasteiger partial charge in [-0.1, -0.05) is 41.9 Å². The summed E-state index contributed by atoms with van der Waals surface area (Å²) in [5.41, 5.74) is 3.35. The molecule has 2 aromatic rings. The third-order valence-corrected chi connectivity index (χ3v) is 6.20. The third-order valence-electron chi connectivity index (χ3n) is 5.95. The van der Waals surface area contributed by atoms with Gasteiger partial charge in [0.15, 0.2) is 5.78 Å². The number of ketones is 1. The molecule has 166 valence electrons. The molecule has 0 saturated carbocycles. The van der Waals surface area contributed by atoms with E-state index in [-0.39, 0.29) is 29.8 Å². The Morgan fingerprint density at radius 2 is 1.81 bits per heavy atom. The Hall–Kier alpha value is -2.92. The molecular formula is C26H25ClFNO3. The minimum Gasteiger partial charge on any atom is -0.460 e. The first kappa shape index (κ1) is 22.3. The van der Waals surface area contributed by atoms with Gasteiger partial charge in [0.1, 0.15) is 5.82 Å². The number of Topliss-reactive ketones (excluding diaryl/α,β-unsaturated/α-hetero) is 1. The molecule has 6 heteroatoms. The van der Waals surface area contributed by atoms with Crippen LogP contribution in [0.2, 0.25) is 5.02 Å². The van der Waals surface area contributed by atoms with Gasteiger partial charge >= 0.3 is 5.97 Å². The van der Waals surface area contributed by atoms with Crippen molar-refractivity contribution in [1.29, 1.82) is 0 Å². The first-order valence-electron chi connectivity index (χ1n) is 10.7. The minimum atomic E-state index is -0.808. The van der Waals surface area contributed by atoms with E-state index in [0.717, 1.165) is 11.3 Å². The first-order chi connectivity index (χ1) is 15.3. The smallest absolute Gasteiger partial charge is 0.337 e. The summed E-state index contributed by atoms with van der Waals surface area (Å²) in [4.78, 5) is 26.5. The summed E-state index contributed by atoms with van der Waals surface area (Å²) in [7, 11) is 0. The van der Waals surface area contributed by atoms with Crippen LogP contribution >= 0.6 is 11.6 Å². The second kappa shape index (κ2) is 8.91. The summed E-state index contributed by atoms with van der Waals surface area (Å²) in [5.74, 6) is -1.94. The molecule has 1 heterocycles. The van der Waals surface area contributed by atoms with E-state index in [1.165, 1.54) is 6.07 Å². The Kier molecular flexibility index (Phi) is 6.20. The van der Waals surface area contributed by atoms with Gasteiger partial charge in [0, 0.05) is 34.0 Å². The van der Waals surface area contributed by atoms with E-state index in [4.69, 9.17) is 16.3 Å². The number of carbonyl (C=O) groups excluding carboxylic acids is 2. The molecule has 1 N–H and O–H groups in total. The Morgan fingerprint density at radius 3 is 2.47 bits per heavy atom. The zero-order valence-electron chi connectivity index (χ0n) is 18.2. The highest BCUT2D eigenvalue weighted by Gasteiger charge is 2.42. The van der Waals surface area contributed by atoms with E-state index >= 15 is 0 Å². The lowest BCUT2D eigenvalue weighted by molar-refractivity contribution is -0.143. The molecule has 1 aliphatic heterocycles. The summed E-state index contributed by atoms with van der Waals surface area (Å²) in [6.45, 7) is 5.29. The molecule has 0 saturated heterocycles. The summed E-state index contributed by atoms with van der Waals surface area (Å²) in [6.07, 6.45) is 0.520. The standard InChI is InChI=1S/C26H25ClFNO3/c1-14(2)32-26(31)23-15(3)29-21-12-17(16-8-10-18(27)11-9-16)13-22(30)25(21)24(23)19-6-4-5-7-20(19)28/h4-11,14,17,24,29H,12-13H2,1-3H3/t17-,24-/m0/s1. The number of carbonyl (C=O) groups is 2. The molecule has 0 unspecified atom stereocenters. The Balaban J connectivity index is 1.80. The maximum atomic E-state index is 14.9. The summed E-state index contributed by atoms with van der Waals surface area (Å²) >= 11 is 6.02. The topological polar surface area (TPSA) is 55.4 Å². The molecule has 2 aliphatic rings. The lowest BCUT2D eigenvalue weighted by Gasteiger charge is -2.37. The van der Waals surface area contributed by atoms with Crippen molar-refractivity contribution >= 4 is 23.4 Å². The molecule has 2 aromatic carbocycles. The largest absolute Gasteiger partial charge is 0.460 e. The number of nitrogens with one attached hydrogen (secondary N) is 1. The van der Waals surface area contributed by atoms with Crippen molar-refractivity contribution in [3.05, 3.63) is 93.0 Å². The van der Waals surface area contributed by atoms with E-state index in [0.29, 0.717) is 28.3 Å². The molecule has 0 aromatic heterocycles. The van der Waals surface area contributed by atoms with Crippen LogP contribution in [-0.4, -0.2) is 17.9 Å². The van der Waals surface area contributed by atoms with E-state index < -0.39 is 17.7 Å². The predicted octanol–water partition coefficient (Wildman–Crippen LogP) is 5.79. The van der Waals surface area contributed by atoms with Crippen LogP contribution in [0.25, 0.3) is 0 Å². The highest BCUT2D eigenvalue weighted by molar-refractivity contribution is 6.30. The van der Waals surface area contributed by atoms with Gasteiger partial charge in [-0.05, 0) is 56.9 Å². The van der Waals surface area contributed by atoms with Gasteiger partial charge in [-0.2, -0.15) is 0 Å². The zero-order chi connectivity index (χ0) is 23.0. The normalized spacial score (nSPS) is 20.9. The molecule has 4 nitrogen and oxygen atoms in total. The lowest BCUT2D eigenvalue weighted by atomic mass is 9.71. The van der Waals surface area contributed by atoms with Crippen molar-refractivity contribution in [2.24, 2.45) is 0 Å². The van der Waals surface area contributed by atoms with Crippen molar-refractivity contribution in [1.82, 2.24) is 5.32 Å². The SMILES string of the molecule is CC1=C(C(=O)OC(C)C)[C@H](c2ccccc2F)C2=C(C[C@H](c3ccc(Cl)cc3)CC2=O)N1. The van der Waals surface area contributed by atoms with Crippen LogP contribution in [0.5, 0.6) is 0 Å². The van der Waals surface area contributed by atoms with Crippen molar-refractivity contribution in [3.8, 4) is 0 Å². The van der Waals surface area contributed by atoms with Crippen molar-refractivity contribution in [2.45, 2.75) is 51.6 Å². The number of allylic oxidation sites excluding steroid dienone is 3. The molecule has 0 bridgehead atoms. The van der Waals surface area contributed by atoms with Crippen LogP contribution in [0, 0.1) is 5.82 Å². The second-order valence-corrected chi connectivity index (χ2v) is 8.98. The Morgan fingerprint density at radius 1 is 1.12 bits per heavy atom. The fourth-order valence-corrected chi connectivity index (χ4v) is 4.70. The van der Waals surface area contributed by atoms with Crippen molar-refractivity contribution < 1.29 is 18.7 Å². The number of hydrogen-bond acceptors (Lipinski definition) is 4. The highest BCUT2D eigenvalue weighted by atomic mass is 35.5. The molecule has 0 radical (unpaired) electrons. The number of hydrogen-bond donors (Lipinski definition) is 1. The summed E-state index contributed by atoms with van der Waals surface area (Å²) in [5, 5.41) is 3.91. The van der Waals surface area contributed by atoms with Crippen LogP contribution in [-0.2, 0) is 14.3 Å². The molecule has 4 rings (SSSR count). The van der Waals surface area contributed by atoms with Gasteiger partial charge < -0.3 is 10.1 Å². The van der Waals surface area contributed by atoms with Gasteiger partial charge in [0.25, 0.3) is 0 Å². The maximum absolute atomic E-state index is 14.9. The van der Waals surface area contributed by atoms with Gasteiger partial charge in [-0.3, -0.25) is 4.79 Å². The molecule has 1 aliphatic carbocycles. The van der Waals surface area contributed by atoms with Crippen LogP contribution in [0.15, 0.2) is 71.1 Å². The van der Waals surface area contributed by atoms with Gasteiger partial charge in [0.2, 0.25) is 0 Å². The van der Waals surface area contributed by atoms with Gasteiger partial charge in [0.05, 0.1) is 17.6 Å². The quantitative estimate of drug-likeness (QED) is 0.595. The van der Waals surface area contributed by atoms with Gasteiger partial charge in [-0.25, -0.2) is 9.18 Å². The minimum absolute atomic E-state index is 0.0238. The summed E-state index contributed by atoms with van der Waals surface area (Å²) in [6, 6.07) is 13.8. The van der Waals surface area contributed by atoms with E-state index in [1.807, 2.05) is 24.3 Å². The van der Waals surface area contributed by atoms with E-state index in [9.17, 15) is 14.0 Å². The zero-order valence-corrected chi connectivity index (χ0v) is 19.0. The number of benzene rings is 2. The average molecular weight is 454 g/mol. The van der Waals surface area contributed by atoms with Crippen LogP contribution in [0.3, 0.4) is 0 Å². The third kappa shape index (κ3) is 4.22. The Labute approximate surface area is 192 Å². The Bertz CT molecular complexity index is 1130. The molecular weight excluding hydrogens is 429 g/mol.